The van der Waals surface area contributed by atoms with Gasteiger partial charge in [-0.2, -0.15) is 5.26 Å². The topological polar surface area (TPSA) is 51.6 Å². The van der Waals surface area contributed by atoms with Crippen LogP contribution in [-0.2, 0) is 0 Å². The minimum absolute atomic E-state index is 0.307. The highest BCUT2D eigenvalue weighted by molar-refractivity contribution is 5.82. The number of aromatic nitrogens is 1. The number of fused-ring (bicyclic) bond motifs is 1. The number of rotatable bonds is 4. The van der Waals surface area contributed by atoms with Gasteiger partial charge in [0.2, 0.25) is 0 Å². The molecule has 1 unspecified atom stereocenters. The van der Waals surface area contributed by atoms with Gasteiger partial charge in [0.1, 0.15) is 11.8 Å². The number of aromatic amines is 1. The normalized spacial score (nSPS) is 12.2. The van der Waals surface area contributed by atoms with Crippen molar-refractivity contribution in [3.05, 3.63) is 71.4 Å². The molecule has 0 aliphatic carbocycles. The van der Waals surface area contributed by atoms with E-state index in [1.165, 1.54) is 11.1 Å². The van der Waals surface area contributed by atoms with Gasteiger partial charge >= 0.3 is 0 Å². The summed E-state index contributed by atoms with van der Waals surface area (Å²) in [5.41, 5.74) is 4.16. The lowest BCUT2D eigenvalue weighted by Crippen LogP contribution is -2.18. The first kappa shape index (κ1) is 13.4. The molecule has 2 aromatic carbocycles. The Morgan fingerprint density at radius 1 is 1.10 bits per heavy atom. The zero-order valence-electron chi connectivity index (χ0n) is 11.9. The molecule has 0 aliphatic rings. The maximum atomic E-state index is 8.99. The number of hydrogen-bond donors (Lipinski definition) is 2. The zero-order chi connectivity index (χ0) is 14.7. The summed E-state index contributed by atoms with van der Waals surface area (Å²) < 4.78 is 0. The van der Waals surface area contributed by atoms with E-state index in [-0.39, 0.29) is 0 Å². The summed E-state index contributed by atoms with van der Waals surface area (Å²) in [6.45, 7) is 0.880. The molecule has 2 N–H and O–H groups in total. The highest BCUT2D eigenvalue weighted by Crippen LogP contribution is 2.27. The van der Waals surface area contributed by atoms with E-state index in [9.17, 15) is 0 Å². The van der Waals surface area contributed by atoms with Crippen molar-refractivity contribution >= 4 is 10.9 Å². The van der Waals surface area contributed by atoms with Crippen molar-refractivity contribution in [2.45, 2.75) is 5.92 Å². The van der Waals surface area contributed by atoms with Gasteiger partial charge in [-0.3, -0.25) is 0 Å². The largest absolute Gasteiger partial charge is 0.346 e. The number of hydrogen-bond acceptors (Lipinski definition) is 2. The number of nitrogens with one attached hydrogen (secondary N) is 2. The van der Waals surface area contributed by atoms with Crippen LogP contribution < -0.4 is 5.32 Å². The van der Waals surface area contributed by atoms with Gasteiger partial charge in [0, 0.05) is 23.4 Å². The fourth-order valence-corrected chi connectivity index (χ4v) is 2.75. The number of H-pyrrole nitrogens is 1. The van der Waals surface area contributed by atoms with Gasteiger partial charge in [0.05, 0.1) is 0 Å². The first-order chi connectivity index (χ1) is 10.3. The smallest absolute Gasteiger partial charge is 0.118 e. The molecule has 1 heterocycles. The molecule has 3 rings (SSSR count). The molecular weight excluding hydrogens is 258 g/mol. The van der Waals surface area contributed by atoms with Gasteiger partial charge in [0.15, 0.2) is 0 Å². The van der Waals surface area contributed by atoms with Crippen LogP contribution >= 0.6 is 0 Å². The summed E-state index contributed by atoms with van der Waals surface area (Å²) in [4.78, 5) is 3.11. The molecule has 104 valence electrons. The molecule has 0 fully saturated rings. The molecule has 0 radical (unpaired) electrons. The molecule has 0 spiro atoms. The molecule has 0 aliphatic heterocycles. The third-order valence-electron chi connectivity index (χ3n) is 3.78. The molecule has 0 saturated heterocycles. The zero-order valence-corrected chi connectivity index (χ0v) is 11.9. The van der Waals surface area contributed by atoms with Crippen molar-refractivity contribution in [2.75, 3.05) is 13.6 Å². The van der Waals surface area contributed by atoms with Crippen LogP contribution in [0.4, 0.5) is 0 Å². The van der Waals surface area contributed by atoms with E-state index >= 15 is 0 Å². The molecule has 0 bridgehead atoms. The van der Waals surface area contributed by atoms with E-state index in [0.29, 0.717) is 11.6 Å². The van der Waals surface area contributed by atoms with E-state index in [4.69, 9.17) is 5.26 Å². The SMILES string of the molecule is CNCC(c1ccccc1)c1ccc2[nH]c(C#N)cc2c1. The maximum Gasteiger partial charge on any atom is 0.118 e. The first-order valence-electron chi connectivity index (χ1n) is 7.04. The van der Waals surface area contributed by atoms with Crippen LogP contribution in [0.5, 0.6) is 0 Å². The second-order valence-corrected chi connectivity index (χ2v) is 5.16. The summed E-state index contributed by atoms with van der Waals surface area (Å²) in [6, 6.07) is 20.9. The molecule has 3 nitrogen and oxygen atoms in total. The van der Waals surface area contributed by atoms with Crippen LogP contribution in [0.1, 0.15) is 22.7 Å². The van der Waals surface area contributed by atoms with Crippen LogP contribution in [0.3, 0.4) is 0 Å². The minimum Gasteiger partial charge on any atom is -0.346 e. The molecular formula is C18H17N3. The van der Waals surface area contributed by atoms with Gasteiger partial charge in [-0.15, -0.1) is 0 Å². The summed E-state index contributed by atoms with van der Waals surface area (Å²) in [7, 11) is 1.97. The van der Waals surface area contributed by atoms with Crippen molar-refractivity contribution in [3.63, 3.8) is 0 Å². The average Bonchev–Trinajstić information content (AvgIpc) is 2.95. The lowest BCUT2D eigenvalue weighted by atomic mass is 9.90. The Hall–Kier alpha value is -2.57. The fraction of sp³-hybridized carbons (Fsp3) is 0.167. The first-order valence-corrected chi connectivity index (χ1v) is 7.04. The average molecular weight is 275 g/mol. The van der Waals surface area contributed by atoms with Crippen molar-refractivity contribution < 1.29 is 0 Å². The third-order valence-corrected chi connectivity index (χ3v) is 3.78. The van der Waals surface area contributed by atoms with Crippen molar-refractivity contribution in [2.24, 2.45) is 0 Å². The van der Waals surface area contributed by atoms with E-state index in [0.717, 1.165) is 17.4 Å². The van der Waals surface area contributed by atoms with Gasteiger partial charge in [0.25, 0.3) is 0 Å². The summed E-state index contributed by atoms with van der Waals surface area (Å²) in [5, 5.41) is 13.3. The number of benzene rings is 2. The lowest BCUT2D eigenvalue weighted by molar-refractivity contribution is 0.709. The Bertz CT molecular complexity index is 781. The highest BCUT2D eigenvalue weighted by Gasteiger charge is 2.14. The summed E-state index contributed by atoms with van der Waals surface area (Å²) in [5.74, 6) is 0.307. The molecule has 1 atom stereocenters. The Balaban J connectivity index is 2.05. The van der Waals surface area contributed by atoms with Crippen LogP contribution in [0.25, 0.3) is 10.9 Å². The van der Waals surface area contributed by atoms with Gasteiger partial charge in [-0.1, -0.05) is 36.4 Å². The van der Waals surface area contributed by atoms with Crippen LogP contribution in [0.2, 0.25) is 0 Å². The van der Waals surface area contributed by atoms with Crippen LogP contribution in [-0.4, -0.2) is 18.6 Å². The quantitative estimate of drug-likeness (QED) is 0.767. The number of nitriles is 1. The third kappa shape index (κ3) is 2.67. The van der Waals surface area contributed by atoms with Gasteiger partial charge < -0.3 is 10.3 Å². The van der Waals surface area contributed by atoms with E-state index in [1.54, 1.807) is 0 Å². The summed E-state index contributed by atoms with van der Waals surface area (Å²) in [6.07, 6.45) is 0. The standard InChI is InChI=1S/C18H17N3/c1-20-12-17(13-5-3-2-4-6-13)14-7-8-18-15(9-14)10-16(11-19)21-18/h2-10,17,20-21H,12H2,1H3. The minimum atomic E-state index is 0.307. The predicted octanol–water partition coefficient (Wildman–Crippen LogP) is 3.39. The van der Waals surface area contributed by atoms with Crippen molar-refractivity contribution in [1.82, 2.24) is 10.3 Å². The lowest BCUT2D eigenvalue weighted by Gasteiger charge is -2.17. The van der Waals surface area contributed by atoms with Crippen molar-refractivity contribution in [3.8, 4) is 6.07 Å². The fourth-order valence-electron chi connectivity index (χ4n) is 2.75. The van der Waals surface area contributed by atoms with Gasteiger partial charge in [-0.05, 0) is 36.4 Å². The predicted molar refractivity (Wildman–Crippen MR) is 85.2 cm³/mol. The molecule has 21 heavy (non-hydrogen) atoms. The second-order valence-electron chi connectivity index (χ2n) is 5.16. The maximum absolute atomic E-state index is 8.99. The Labute approximate surface area is 124 Å². The summed E-state index contributed by atoms with van der Waals surface area (Å²) >= 11 is 0. The second kappa shape index (κ2) is 5.82. The monoisotopic (exact) mass is 275 g/mol. The number of likely N-dealkylation sites (N-methyl/N-ethyl adjacent to an activating group) is 1. The molecule has 3 heteroatoms. The highest BCUT2D eigenvalue weighted by atomic mass is 14.8. The Morgan fingerprint density at radius 2 is 1.90 bits per heavy atom. The van der Waals surface area contributed by atoms with Crippen molar-refractivity contribution in [1.29, 1.82) is 5.26 Å². The number of nitrogens with zero attached hydrogens (tertiary/aromatic N) is 1. The van der Waals surface area contributed by atoms with Crippen LogP contribution in [0, 0.1) is 11.3 Å². The molecule has 3 aromatic rings. The molecule has 1 aromatic heterocycles. The molecule has 0 saturated carbocycles. The van der Waals surface area contributed by atoms with E-state index in [2.05, 4.69) is 58.8 Å². The molecule has 0 amide bonds. The Kier molecular flexibility index (Phi) is 3.72. The van der Waals surface area contributed by atoms with Crippen LogP contribution in [0.15, 0.2) is 54.6 Å². The van der Waals surface area contributed by atoms with E-state index < -0.39 is 0 Å². The van der Waals surface area contributed by atoms with Gasteiger partial charge in [-0.25, -0.2) is 0 Å². The Morgan fingerprint density at radius 3 is 2.62 bits per heavy atom. The van der Waals surface area contributed by atoms with E-state index in [1.807, 2.05) is 19.2 Å².